The lowest BCUT2D eigenvalue weighted by molar-refractivity contribution is 1.23. The second-order valence-corrected chi connectivity index (χ2v) is 5.00. The number of thiazole rings is 1. The maximum atomic E-state index is 5.84. The van der Waals surface area contributed by atoms with Crippen LogP contribution >= 0.6 is 11.3 Å². The zero-order valence-electron chi connectivity index (χ0n) is 9.21. The molecule has 84 valence electrons. The monoisotopic (exact) mass is 242 g/mol. The Kier molecular flexibility index (Phi) is 2.26. The lowest BCUT2D eigenvalue weighted by Crippen LogP contribution is -1.93. The molecule has 0 spiro atoms. The molecule has 0 amide bonds. The molecule has 0 aliphatic carbocycles. The second-order valence-electron chi connectivity index (χ2n) is 3.77. The van der Waals surface area contributed by atoms with Crippen LogP contribution in [-0.2, 0) is 0 Å². The first-order valence-electron chi connectivity index (χ1n) is 5.17. The summed E-state index contributed by atoms with van der Waals surface area (Å²) in [6.07, 6.45) is 3.35. The minimum Gasteiger partial charge on any atom is -0.383 e. The van der Waals surface area contributed by atoms with Crippen LogP contribution in [0.15, 0.2) is 30.7 Å². The van der Waals surface area contributed by atoms with E-state index in [0.717, 1.165) is 21.5 Å². The number of aryl methyl sites for hydroxylation is 1. The van der Waals surface area contributed by atoms with Gasteiger partial charge in [0.1, 0.15) is 17.2 Å². The fraction of sp³-hybridized carbons (Fsp3) is 0.0833. The van der Waals surface area contributed by atoms with Crippen molar-refractivity contribution in [2.75, 3.05) is 5.73 Å². The van der Waals surface area contributed by atoms with Gasteiger partial charge in [-0.2, -0.15) is 0 Å². The third-order valence-electron chi connectivity index (χ3n) is 2.53. The van der Waals surface area contributed by atoms with E-state index < -0.39 is 0 Å². The zero-order valence-corrected chi connectivity index (χ0v) is 10.0. The van der Waals surface area contributed by atoms with Crippen LogP contribution in [0.2, 0.25) is 0 Å². The topological polar surface area (TPSA) is 64.7 Å². The molecule has 4 nitrogen and oxygen atoms in total. The van der Waals surface area contributed by atoms with Crippen LogP contribution in [0.5, 0.6) is 0 Å². The number of benzene rings is 1. The molecule has 0 aliphatic rings. The highest BCUT2D eigenvalue weighted by atomic mass is 32.1. The van der Waals surface area contributed by atoms with Crippen LogP contribution in [0.1, 0.15) is 4.88 Å². The standard InChI is InChI=1S/C12H10N4S/c1-7-5-14-12(17-7)8-2-3-10-9(4-8)11(13)16-6-15-10/h2-6H,1H3,(H2,13,15,16). The molecule has 2 aromatic heterocycles. The van der Waals surface area contributed by atoms with E-state index in [4.69, 9.17) is 5.73 Å². The Morgan fingerprint density at radius 3 is 2.82 bits per heavy atom. The quantitative estimate of drug-likeness (QED) is 0.712. The van der Waals surface area contributed by atoms with Gasteiger partial charge in [0.15, 0.2) is 0 Å². The Morgan fingerprint density at radius 1 is 1.18 bits per heavy atom. The number of aromatic nitrogens is 3. The Morgan fingerprint density at radius 2 is 2.06 bits per heavy atom. The van der Waals surface area contributed by atoms with E-state index in [9.17, 15) is 0 Å². The van der Waals surface area contributed by atoms with Gasteiger partial charge < -0.3 is 5.73 Å². The van der Waals surface area contributed by atoms with E-state index in [1.807, 2.05) is 31.3 Å². The summed E-state index contributed by atoms with van der Waals surface area (Å²) in [5.74, 6) is 0.505. The van der Waals surface area contributed by atoms with Crippen molar-refractivity contribution >= 4 is 28.1 Å². The number of nitrogen functional groups attached to an aromatic ring is 1. The van der Waals surface area contributed by atoms with E-state index in [1.54, 1.807) is 11.3 Å². The average Bonchev–Trinajstić information content (AvgIpc) is 2.76. The molecule has 0 saturated carbocycles. The highest BCUT2D eigenvalue weighted by Gasteiger charge is 2.06. The first kappa shape index (κ1) is 10.2. The molecule has 3 aromatic rings. The molecule has 0 bridgehead atoms. The van der Waals surface area contributed by atoms with Crippen molar-refractivity contribution in [1.82, 2.24) is 15.0 Å². The smallest absolute Gasteiger partial charge is 0.134 e. The fourth-order valence-corrected chi connectivity index (χ4v) is 2.46. The lowest BCUT2D eigenvalue weighted by Gasteiger charge is -2.02. The summed E-state index contributed by atoms with van der Waals surface area (Å²) >= 11 is 1.66. The normalized spacial score (nSPS) is 10.9. The first-order chi connectivity index (χ1) is 8.24. The van der Waals surface area contributed by atoms with Gasteiger partial charge in [-0.05, 0) is 25.1 Å². The molecule has 1 aromatic carbocycles. The molecule has 0 fully saturated rings. The average molecular weight is 242 g/mol. The largest absolute Gasteiger partial charge is 0.383 e. The molecule has 2 N–H and O–H groups in total. The van der Waals surface area contributed by atoms with Gasteiger partial charge in [-0.3, -0.25) is 0 Å². The zero-order chi connectivity index (χ0) is 11.8. The minimum absolute atomic E-state index is 0.505. The summed E-state index contributed by atoms with van der Waals surface area (Å²) in [5, 5.41) is 1.87. The number of hydrogen-bond acceptors (Lipinski definition) is 5. The van der Waals surface area contributed by atoms with Crippen LogP contribution in [0.3, 0.4) is 0 Å². The lowest BCUT2D eigenvalue weighted by atomic mass is 10.1. The van der Waals surface area contributed by atoms with Gasteiger partial charge in [0, 0.05) is 22.0 Å². The van der Waals surface area contributed by atoms with Gasteiger partial charge in [0.2, 0.25) is 0 Å². The van der Waals surface area contributed by atoms with Crippen molar-refractivity contribution in [3.05, 3.63) is 35.6 Å². The summed E-state index contributed by atoms with van der Waals surface area (Å²) in [4.78, 5) is 13.7. The van der Waals surface area contributed by atoms with Gasteiger partial charge in [0.25, 0.3) is 0 Å². The summed E-state index contributed by atoms with van der Waals surface area (Å²) in [7, 11) is 0. The molecule has 3 rings (SSSR count). The number of rotatable bonds is 1. The number of anilines is 1. The van der Waals surface area contributed by atoms with Crippen LogP contribution in [0.4, 0.5) is 5.82 Å². The first-order valence-corrected chi connectivity index (χ1v) is 5.99. The van der Waals surface area contributed by atoms with Crippen LogP contribution in [0, 0.1) is 6.92 Å². The molecular formula is C12H10N4S. The van der Waals surface area contributed by atoms with E-state index >= 15 is 0 Å². The highest BCUT2D eigenvalue weighted by Crippen LogP contribution is 2.28. The third-order valence-corrected chi connectivity index (χ3v) is 3.50. The van der Waals surface area contributed by atoms with Gasteiger partial charge >= 0.3 is 0 Å². The SMILES string of the molecule is Cc1cnc(-c2ccc3ncnc(N)c3c2)s1. The van der Waals surface area contributed by atoms with Gasteiger partial charge in [-0.25, -0.2) is 15.0 Å². The molecule has 2 heterocycles. The Balaban J connectivity index is 2.22. The Bertz CT molecular complexity index is 690. The van der Waals surface area contributed by atoms with Gasteiger partial charge in [-0.15, -0.1) is 11.3 Å². The highest BCUT2D eigenvalue weighted by molar-refractivity contribution is 7.14. The molecule has 0 aliphatic heterocycles. The van der Waals surface area contributed by atoms with Gasteiger partial charge in [0.05, 0.1) is 5.52 Å². The van der Waals surface area contributed by atoms with Crippen molar-refractivity contribution < 1.29 is 0 Å². The van der Waals surface area contributed by atoms with Gasteiger partial charge in [-0.1, -0.05) is 0 Å². The van der Waals surface area contributed by atoms with Crippen molar-refractivity contribution in [2.45, 2.75) is 6.92 Å². The summed E-state index contributed by atoms with van der Waals surface area (Å²) < 4.78 is 0. The van der Waals surface area contributed by atoms with Crippen molar-refractivity contribution in [2.24, 2.45) is 0 Å². The number of nitrogens with zero attached hydrogens (tertiary/aromatic N) is 3. The van der Waals surface area contributed by atoms with E-state index in [2.05, 4.69) is 15.0 Å². The van der Waals surface area contributed by atoms with Crippen molar-refractivity contribution in [1.29, 1.82) is 0 Å². The summed E-state index contributed by atoms with van der Waals surface area (Å²) in [6.45, 7) is 2.04. The number of fused-ring (bicyclic) bond motifs is 1. The van der Waals surface area contributed by atoms with Crippen molar-refractivity contribution in [3.8, 4) is 10.6 Å². The summed E-state index contributed by atoms with van der Waals surface area (Å²) in [5.41, 5.74) is 7.75. The van der Waals surface area contributed by atoms with E-state index in [1.165, 1.54) is 11.2 Å². The van der Waals surface area contributed by atoms with Crippen LogP contribution < -0.4 is 5.73 Å². The van der Waals surface area contributed by atoms with Crippen LogP contribution in [-0.4, -0.2) is 15.0 Å². The molecule has 0 atom stereocenters. The maximum absolute atomic E-state index is 5.84. The van der Waals surface area contributed by atoms with Crippen molar-refractivity contribution in [3.63, 3.8) is 0 Å². The second kappa shape index (κ2) is 3.78. The van der Waals surface area contributed by atoms with E-state index in [-0.39, 0.29) is 0 Å². The Hall–Kier alpha value is -2.01. The minimum atomic E-state index is 0.505. The van der Waals surface area contributed by atoms with E-state index in [0.29, 0.717) is 5.82 Å². The maximum Gasteiger partial charge on any atom is 0.134 e. The van der Waals surface area contributed by atoms with Crippen LogP contribution in [0.25, 0.3) is 21.5 Å². The molecule has 5 heteroatoms. The third kappa shape index (κ3) is 1.74. The predicted octanol–water partition coefficient (Wildman–Crippen LogP) is 2.64. The summed E-state index contributed by atoms with van der Waals surface area (Å²) in [6, 6.07) is 5.94. The predicted molar refractivity (Wildman–Crippen MR) is 69.8 cm³/mol. The Labute approximate surface area is 102 Å². The molecule has 0 saturated heterocycles. The number of nitrogens with two attached hydrogens (primary N) is 1. The fourth-order valence-electron chi connectivity index (χ4n) is 1.70. The molecule has 17 heavy (non-hydrogen) atoms. The molecular weight excluding hydrogens is 232 g/mol. The molecule has 0 radical (unpaired) electrons. The number of hydrogen-bond donors (Lipinski definition) is 1. The molecule has 0 unspecified atom stereocenters.